The van der Waals surface area contributed by atoms with Gasteiger partial charge in [-0.05, 0) is 29.8 Å². The number of amides is 3. The van der Waals surface area contributed by atoms with Crippen LogP contribution < -0.4 is 20.9 Å². The van der Waals surface area contributed by atoms with Gasteiger partial charge < -0.3 is 10.1 Å². The van der Waals surface area contributed by atoms with Gasteiger partial charge >= 0.3 is 0 Å². The maximum Gasteiger partial charge on any atom is 0.257 e. The van der Waals surface area contributed by atoms with Crippen molar-refractivity contribution in [2.75, 3.05) is 13.7 Å². The van der Waals surface area contributed by atoms with Crippen molar-refractivity contribution in [3.05, 3.63) is 65.7 Å². The second kappa shape index (κ2) is 9.07. The molecule has 0 atom stereocenters. The van der Waals surface area contributed by atoms with Crippen molar-refractivity contribution in [2.45, 2.75) is 6.42 Å². The fraction of sp³-hybridized carbons (Fsp3) is 0.167. The number of nitrogens with one attached hydrogen (secondary N) is 3. The Kier molecular flexibility index (Phi) is 6.53. The molecule has 7 heteroatoms. The van der Waals surface area contributed by atoms with E-state index in [1.807, 2.05) is 30.3 Å². The molecule has 2 aromatic carbocycles. The minimum Gasteiger partial charge on any atom is -0.497 e. The molecule has 0 fully saturated rings. The Labute approximate surface area is 145 Å². The first-order chi connectivity index (χ1) is 12.1. The number of hydrazine groups is 1. The molecule has 25 heavy (non-hydrogen) atoms. The Morgan fingerprint density at radius 2 is 1.52 bits per heavy atom. The molecule has 0 aliphatic rings. The van der Waals surface area contributed by atoms with Crippen LogP contribution in [0.3, 0.4) is 0 Å². The summed E-state index contributed by atoms with van der Waals surface area (Å²) in [7, 11) is 1.53. The topological polar surface area (TPSA) is 96.5 Å². The molecule has 0 bridgehead atoms. The summed E-state index contributed by atoms with van der Waals surface area (Å²) < 4.78 is 5.01. The lowest BCUT2D eigenvalue weighted by atomic mass is 10.1. The van der Waals surface area contributed by atoms with E-state index in [1.54, 1.807) is 24.3 Å². The van der Waals surface area contributed by atoms with E-state index in [0.29, 0.717) is 11.3 Å². The number of carbonyl (C=O) groups excluding carboxylic acids is 3. The van der Waals surface area contributed by atoms with Crippen LogP contribution in [-0.2, 0) is 16.0 Å². The van der Waals surface area contributed by atoms with Crippen LogP contribution in [0.2, 0.25) is 0 Å². The number of rotatable bonds is 6. The van der Waals surface area contributed by atoms with Crippen molar-refractivity contribution in [1.29, 1.82) is 0 Å². The monoisotopic (exact) mass is 341 g/mol. The van der Waals surface area contributed by atoms with Crippen molar-refractivity contribution in [1.82, 2.24) is 16.2 Å². The number of ether oxygens (including phenoxy) is 1. The minimum atomic E-state index is -0.525. The lowest BCUT2D eigenvalue weighted by Crippen LogP contribution is -2.46. The summed E-state index contributed by atoms with van der Waals surface area (Å²) in [6.07, 6.45) is 0.152. The van der Waals surface area contributed by atoms with E-state index in [9.17, 15) is 14.4 Å². The number of hydrogen-bond donors (Lipinski definition) is 3. The Morgan fingerprint density at radius 1 is 0.880 bits per heavy atom. The molecule has 0 unspecified atom stereocenters. The third-order valence-electron chi connectivity index (χ3n) is 3.31. The zero-order valence-electron chi connectivity index (χ0n) is 13.7. The summed E-state index contributed by atoms with van der Waals surface area (Å²) >= 11 is 0. The summed E-state index contributed by atoms with van der Waals surface area (Å²) in [5.74, 6) is -0.631. The number of carbonyl (C=O) groups is 3. The van der Waals surface area contributed by atoms with Crippen LogP contribution in [0.4, 0.5) is 0 Å². The van der Waals surface area contributed by atoms with Crippen LogP contribution in [0.5, 0.6) is 5.75 Å². The SMILES string of the molecule is COc1ccc(C(=O)NCC(=O)NNC(=O)Cc2ccccc2)cc1. The normalized spacial score (nSPS) is 9.80. The van der Waals surface area contributed by atoms with Gasteiger partial charge in [-0.25, -0.2) is 0 Å². The zero-order chi connectivity index (χ0) is 18.1. The zero-order valence-corrected chi connectivity index (χ0v) is 13.7. The predicted octanol–water partition coefficient (Wildman–Crippen LogP) is 0.815. The van der Waals surface area contributed by atoms with E-state index >= 15 is 0 Å². The van der Waals surface area contributed by atoms with Gasteiger partial charge in [0.1, 0.15) is 5.75 Å². The molecule has 3 amide bonds. The molecule has 0 saturated carbocycles. The molecule has 2 rings (SSSR count). The fourth-order valence-electron chi connectivity index (χ4n) is 2.01. The Morgan fingerprint density at radius 3 is 2.16 bits per heavy atom. The first-order valence-electron chi connectivity index (χ1n) is 7.62. The molecular weight excluding hydrogens is 322 g/mol. The highest BCUT2D eigenvalue weighted by Gasteiger charge is 2.09. The maximum absolute atomic E-state index is 11.9. The summed E-state index contributed by atoms with van der Waals surface area (Å²) in [6, 6.07) is 15.6. The summed E-state index contributed by atoms with van der Waals surface area (Å²) in [4.78, 5) is 35.3. The molecule has 3 N–H and O–H groups in total. The van der Waals surface area contributed by atoms with Gasteiger partial charge in [-0.1, -0.05) is 30.3 Å². The van der Waals surface area contributed by atoms with Gasteiger partial charge in [0.2, 0.25) is 5.91 Å². The van der Waals surface area contributed by atoms with Crippen LogP contribution in [0.15, 0.2) is 54.6 Å². The standard InChI is InChI=1S/C18H19N3O4/c1-25-15-9-7-14(8-10-15)18(24)19-12-17(23)21-20-16(22)11-13-5-3-2-4-6-13/h2-10H,11-12H2,1H3,(H,19,24)(H,20,22)(H,21,23). The predicted molar refractivity (Wildman–Crippen MR) is 91.8 cm³/mol. The van der Waals surface area contributed by atoms with Gasteiger partial charge in [0.25, 0.3) is 11.8 Å². The van der Waals surface area contributed by atoms with Crippen LogP contribution in [0, 0.1) is 0 Å². The minimum absolute atomic E-state index is 0.152. The third-order valence-corrected chi connectivity index (χ3v) is 3.31. The fourth-order valence-corrected chi connectivity index (χ4v) is 2.01. The average Bonchev–Trinajstić information content (AvgIpc) is 2.65. The van der Waals surface area contributed by atoms with E-state index in [-0.39, 0.29) is 18.9 Å². The molecule has 0 radical (unpaired) electrons. The lowest BCUT2D eigenvalue weighted by Gasteiger charge is -2.09. The number of methoxy groups -OCH3 is 1. The molecule has 130 valence electrons. The summed E-state index contributed by atoms with van der Waals surface area (Å²) in [5.41, 5.74) is 5.80. The second-order valence-electron chi connectivity index (χ2n) is 5.17. The van der Waals surface area contributed by atoms with Crippen molar-refractivity contribution < 1.29 is 19.1 Å². The molecular formula is C18H19N3O4. The van der Waals surface area contributed by atoms with Gasteiger partial charge in [0.05, 0.1) is 20.1 Å². The molecule has 0 aliphatic carbocycles. The average molecular weight is 341 g/mol. The Hall–Kier alpha value is -3.35. The van der Waals surface area contributed by atoms with E-state index in [0.717, 1.165) is 5.56 Å². The smallest absolute Gasteiger partial charge is 0.257 e. The van der Waals surface area contributed by atoms with Crippen molar-refractivity contribution in [3.63, 3.8) is 0 Å². The van der Waals surface area contributed by atoms with Gasteiger partial charge in [0, 0.05) is 5.56 Å². The maximum atomic E-state index is 11.9. The molecule has 0 aliphatic heterocycles. The molecule has 0 aromatic heterocycles. The lowest BCUT2D eigenvalue weighted by molar-refractivity contribution is -0.128. The van der Waals surface area contributed by atoms with Crippen molar-refractivity contribution in [3.8, 4) is 5.75 Å². The highest BCUT2D eigenvalue weighted by molar-refractivity contribution is 5.96. The molecule has 0 spiro atoms. The quantitative estimate of drug-likeness (QED) is 0.678. The van der Waals surface area contributed by atoms with Crippen LogP contribution in [-0.4, -0.2) is 31.4 Å². The van der Waals surface area contributed by atoms with E-state index in [4.69, 9.17) is 4.74 Å². The number of hydrogen-bond acceptors (Lipinski definition) is 4. The van der Waals surface area contributed by atoms with Crippen LogP contribution >= 0.6 is 0 Å². The highest BCUT2D eigenvalue weighted by Crippen LogP contribution is 2.10. The van der Waals surface area contributed by atoms with Gasteiger partial charge in [0.15, 0.2) is 0 Å². The molecule has 2 aromatic rings. The van der Waals surface area contributed by atoms with Crippen molar-refractivity contribution in [2.24, 2.45) is 0 Å². The highest BCUT2D eigenvalue weighted by atomic mass is 16.5. The van der Waals surface area contributed by atoms with Crippen molar-refractivity contribution >= 4 is 17.7 Å². The molecule has 0 saturated heterocycles. The third kappa shape index (κ3) is 5.98. The van der Waals surface area contributed by atoms with E-state index in [2.05, 4.69) is 16.2 Å². The summed E-state index contributed by atoms with van der Waals surface area (Å²) in [6.45, 7) is -0.253. The number of benzene rings is 2. The van der Waals surface area contributed by atoms with Gasteiger partial charge in [-0.3, -0.25) is 25.2 Å². The first kappa shape index (κ1) is 18.0. The molecule has 0 heterocycles. The van der Waals surface area contributed by atoms with Crippen LogP contribution in [0.25, 0.3) is 0 Å². The van der Waals surface area contributed by atoms with Gasteiger partial charge in [-0.15, -0.1) is 0 Å². The van der Waals surface area contributed by atoms with Gasteiger partial charge in [-0.2, -0.15) is 0 Å². The van der Waals surface area contributed by atoms with Crippen LogP contribution in [0.1, 0.15) is 15.9 Å². The second-order valence-corrected chi connectivity index (χ2v) is 5.17. The largest absolute Gasteiger partial charge is 0.497 e. The van der Waals surface area contributed by atoms with E-state index < -0.39 is 11.8 Å². The Bertz CT molecular complexity index is 730. The summed E-state index contributed by atoms with van der Waals surface area (Å²) in [5, 5.41) is 2.47. The first-order valence-corrected chi connectivity index (χ1v) is 7.62. The van der Waals surface area contributed by atoms with E-state index in [1.165, 1.54) is 7.11 Å². The molecule has 7 nitrogen and oxygen atoms in total. The Balaban J connectivity index is 1.71.